The number of morpholine rings is 2. The molecule has 2 saturated heterocycles. The van der Waals surface area contributed by atoms with Crippen LogP contribution in [0.3, 0.4) is 0 Å². The van der Waals surface area contributed by atoms with Crippen LogP contribution in [0, 0.1) is 5.92 Å². The molecule has 1 atom stereocenters. The lowest BCUT2D eigenvalue weighted by atomic mass is 10.2. The fourth-order valence-corrected chi connectivity index (χ4v) is 2.67. The molecule has 2 heterocycles. The van der Waals surface area contributed by atoms with Crippen molar-refractivity contribution in [1.82, 2.24) is 15.1 Å². The molecule has 2 rings (SSSR count). The summed E-state index contributed by atoms with van der Waals surface area (Å²) < 4.78 is 11.0. The summed E-state index contributed by atoms with van der Waals surface area (Å²) in [5.41, 5.74) is 0. The Labute approximate surface area is 121 Å². The second-order valence-corrected chi connectivity index (χ2v) is 5.93. The van der Waals surface area contributed by atoms with Crippen molar-refractivity contribution in [3.8, 4) is 0 Å². The van der Waals surface area contributed by atoms with Crippen LogP contribution in [0.5, 0.6) is 0 Å². The summed E-state index contributed by atoms with van der Waals surface area (Å²) in [6.07, 6.45) is 0.104. The van der Waals surface area contributed by atoms with Crippen molar-refractivity contribution in [3.63, 3.8) is 0 Å². The molecule has 0 saturated carbocycles. The minimum absolute atomic E-state index is 0.00196. The monoisotopic (exact) mass is 285 g/mol. The summed E-state index contributed by atoms with van der Waals surface area (Å²) in [7, 11) is 0. The van der Waals surface area contributed by atoms with Gasteiger partial charge in [-0.1, -0.05) is 13.8 Å². The average molecular weight is 285 g/mol. The maximum Gasteiger partial charge on any atom is 0.317 e. The Morgan fingerprint density at radius 2 is 2.00 bits per heavy atom. The number of rotatable bonds is 4. The second-order valence-electron chi connectivity index (χ2n) is 5.93. The molecule has 2 aliphatic rings. The average Bonchev–Trinajstić information content (AvgIpc) is 2.45. The van der Waals surface area contributed by atoms with Crippen LogP contribution in [0.1, 0.15) is 13.8 Å². The van der Waals surface area contributed by atoms with Crippen LogP contribution >= 0.6 is 0 Å². The highest BCUT2D eigenvalue weighted by molar-refractivity contribution is 5.74. The van der Waals surface area contributed by atoms with Crippen molar-refractivity contribution < 1.29 is 14.3 Å². The smallest absolute Gasteiger partial charge is 0.317 e. The fraction of sp³-hybridized carbons (Fsp3) is 0.929. The van der Waals surface area contributed by atoms with E-state index in [0.717, 1.165) is 26.2 Å². The lowest BCUT2D eigenvalue weighted by molar-refractivity contribution is -0.0298. The van der Waals surface area contributed by atoms with Crippen LogP contribution in [-0.4, -0.2) is 81.0 Å². The van der Waals surface area contributed by atoms with Crippen LogP contribution in [0.15, 0.2) is 0 Å². The molecule has 0 aromatic carbocycles. The van der Waals surface area contributed by atoms with E-state index in [1.807, 2.05) is 0 Å². The molecular formula is C14H27N3O3. The van der Waals surface area contributed by atoms with Crippen LogP contribution in [0.4, 0.5) is 4.79 Å². The van der Waals surface area contributed by atoms with Gasteiger partial charge in [0.05, 0.1) is 25.9 Å². The first kappa shape index (κ1) is 15.5. The molecule has 6 nitrogen and oxygen atoms in total. The molecule has 0 bridgehead atoms. The third-order valence-corrected chi connectivity index (χ3v) is 3.63. The first-order chi connectivity index (χ1) is 9.65. The summed E-state index contributed by atoms with van der Waals surface area (Å²) in [6, 6.07) is -0.00196. The van der Waals surface area contributed by atoms with Crippen LogP contribution in [0.2, 0.25) is 0 Å². The van der Waals surface area contributed by atoms with Crippen LogP contribution in [-0.2, 0) is 9.47 Å². The molecule has 0 aliphatic carbocycles. The summed E-state index contributed by atoms with van der Waals surface area (Å²) in [5.74, 6) is 0.664. The second kappa shape index (κ2) is 7.81. The Balaban J connectivity index is 1.68. The number of urea groups is 1. The predicted octanol–water partition coefficient (Wildman–Crippen LogP) is 0.385. The van der Waals surface area contributed by atoms with E-state index >= 15 is 0 Å². The molecule has 2 aliphatic heterocycles. The molecule has 1 unspecified atom stereocenters. The number of hydrogen-bond donors (Lipinski definition) is 1. The molecule has 0 radical (unpaired) electrons. The molecular weight excluding hydrogens is 258 g/mol. The van der Waals surface area contributed by atoms with Gasteiger partial charge in [0.2, 0.25) is 0 Å². The van der Waals surface area contributed by atoms with E-state index in [4.69, 9.17) is 9.47 Å². The maximum atomic E-state index is 12.0. The van der Waals surface area contributed by atoms with E-state index in [9.17, 15) is 4.79 Å². The van der Waals surface area contributed by atoms with Gasteiger partial charge in [-0.3, -0.25) is 4.90 Å². The summed E-state index contributed by atoms with van der Waals surface area (Å²) in [6.45, 7) is 11.4. The highest BCUT2D eigenvalue weighted by atomic mass is 16.5. The van der Waals surface area contributed by atoms with Crippen molar-refractivity contribution in [2.45, 2.75) is 20.0 Å². The quantitative estimate of drug-likeness (QED) is 0.811. The molecule has 1 N–H and O–H groups in total. The van der Waals surface area contributed by atoms with Crippen molar-refractivity contribution in [1.29, 1.82) is 0 Å². The molecule has 116 valence electrons. The number of carbonyl (C=O) groups excluding carboxylic acids is 1. The zero-order chi connectivity index (χ0) is 14.4. The van der Waals surface area contributed by atoms with Gasteiger partial charge in [0.15, 0.2) is 0 Å². The maximum absolute atomic E-state index is 12.0. The van der Waals surface area contributed by atoms with Gasteiger partial charge in [0.25, 0.3) is 0 Å². The Morgan fingerprint density at radius 3 is 2.70 bits per heavy atom. The lowest BCUT2D eigenvalue weighted by Gasteiger charge is -2.34. The summed E-state index contributed by atoms with van der Waals surface area (Å²) >= 11 is 0. The first-order valence-corrected chi connectivity index (χ1v) is 7.59. The molecule has 0 spiro atoms. The summed E-state index contributed by atoms with van der Waals surface area (Å²) in [4.78, 5) is 16.2. The zero-order valence-electron chi connectivity index (χ0n) is 12.6. The SMILES string of the molecule is CC(C)CN1CCOC(CNC(=O)N2CCOCC2)C1. The van der Waals surface area contributed by atoms with Gasteiger partial charge in [-0.05, 0) is 5.92 Å². The minimum Gasteiger partial charge on any atom is -0.378 e. The van der Waals surface area contributed by atoms with E-state index in [2.05, 4.69) is 24.1 Å². The first-order valence-electron chi connectivity index (χ1n) is 7.59. The van der Waals surface area contributed by atoms with Gasteiger partial charge in [-0.25, -0.2) is 4.79 Å². The Morgan fingerprint density at radius 1 is 1.25 bits per heavy atom. The number of nitrogens with zero attached hydrogens (tertiary/aromatic N) is 2. The number of ether oxygens (including phenoxy) is 2. The van der Waals surface area contributed by atoms with Crippen molar-refractivity contribution in [3.05, 3.63) is 0 Å². The zero-order valence-corrected chi connectivity index (χ0v) is 12.6. The molecule has 0 aromatic heterocycles. The van der Waals surface area contributed by atoms with Crippen molar-refractivity contribution >= 4 is 6.03 Å². The van der Waals surface area contributed by atoms with Gasteiger partial charge in [0.1, 0.15) is 0 Å². The lowest BCUT2D eigenvalue weighted by Crippen LogP contribution is -2.51. The molecule has 0 aromatic rings. The van der Waals surface area contributed by atoms with E-state index in [1.54, 1.807) is 4.90 Å². The van der Waals surface area contributed by atoms with Gasteiger partial charge < -0.3 is 19.7 Å². The highest BCUT2D eigenvalue weighted by Gasteiger charge is 2.23. The standard InChI is InChI=1S/C14H27N3O3/c1-12(2)10-16-3-8-20-13(11-16)9-15-14(18)17-4-6-19-7-5-17/h12-13H,3-11H2,1-2H3,(H,15,18). The summed E-state index contributed by atoms with van der Waals surface area (Å²) in [5, 5.41) is 2.98. The van der Waals surface area contributed by atoms with E-state index < -0.39 is 0 Å². The number of hydrogen-bond acceptors (Lipinski definition) is 4. The highest BCUT2D eigenvalue weighted by Crippen LogP contribution is 2.07. The topological polar surface area (TPSA) is 54.0 Å². The largest absolute Gasteiger partial charge is 0.378 e. The third kappa shape index (κ3) is 4.92. The van der Waals surface area contributed by atoms with Gasteiger partial charge in [-0.15, -0.1) is 0 Å². The molecule has 2 amide bonds. The van der Waals surface area contributed by atoms with Crippen LogP contribution in [0.25, 0.3) is 0 Å². The number of carbonyl (C=O) groups is 1. The Hall–Kier alpha value is -0.850. The van der Waals surface area contributed by atoms with E-state index in [-0.39, 0.29) is 12.1 Å². The Kier molecular flexibility index (Phi) is 6.06. The van der Waals surface area contributed by atoms with Gasteiger partial charge in [0, 0.05) is 39.3 Å². The number of amides is 2. The fourth-order valence-electron chi connectivity index (χ4n) is 2.67. The molecule has 6 heteroatoms. The van der Waals surface area contributed by atoms with Gasteiger partial charge >= 0.3 is 6.03 Å². The van der Waals surface area contributed by atoms with E-state index in [1.165, 1.54) is 0 Å². The van der Waals surface area contributed by atoms with Crippen LogP contribution < -0.4 is 5.32 Å². The minimum atomic E-state index is -0.00196. The predicted molar refractivity (Wildman–Crippen MR) is 76.8 cm³/mol. The Bertz CT molecular complexity index is 306. The van der Waals surface area contributed by atoms with Gasteiger partial charge in [-0.2, -0.15) is 0 Å². The number of nitrogens with one attached hydrogen (secondary N) is 1. The molecule has 20 heavy (non-hydrogen) atoms. The third-order valence-electron chi connectivity index (χ3n) is 3.63. The van der Waals surface area contributed by atoms with Crippen molar-refractivity contribution in [2.24, 2.45) is 5.92 Å². The van der Waals surface area contributed by atoms with Crippen molar-refractivity contribution in [2.75, 3.05) is 59.1 Å². The van der Waals surface area contributed by atoms with E-state index in [0.29, 0.717) is 38.8 Å². The normalized spacial score (nSPS) is 24.9. The molecule has 2 fully saturated rings.